The fourth-order valence-electron chi connectivity index (χ4n) is 1.10. The third-order valence-corrected chi connectivity index (χ3v) is 1.83. The smallest absolute Gasteiger partial charge is 0.128 e. The van der Waals surface area contributed by atoms with E-state index in [0.29, 0.717) is 12.4 Å². The Morgan fingerprint density at radius 2 is 2.08 bits per heavy atom. The van der Waals surface area contributed by atoms with Gasteiger partial charge in [0, 0.05) is 19.2 Å². The lowest BCUT2D eigenvalue weighted by molar-refractivity contribution is 0.561. The molecule has 0 aliphatic rings. The molecule has 0 amide bonds. The Morgan fingerprint density at radius 1 is 1.46 bits per heavy atom. The van der Waals surface area contributed by atoms with Gasteiger partial charge in [-0.25, -0.2) is 0 Å². The maximum Gasteiger partial charge on any atom is 0.128 e. The molecule has 0 aromatic heterocycles. The van der Waals surface area contributed by atoms with Crippen molar-refractivity contribution in [3.8, 4) is 0 Å². The lowest BCUT2D eigenvalue weighted by Crippen LogP contribution is -2.26. The van der Waals surface area contributed by atoms with Crippen LogP contribution in [-0.2, 0) is 0 Å². The molecule has 0 saturated carbocycles. The summed E-state index contributed by atoms with van der Waals surface area (Å²) in [6, 6.07) is 9.69. The van der Waals surface area contributed by atoms with E-state index < -0.39 is 0 Å². The highest BCUT2D eigenvalue weighted by molar-refractivity contribution is 5.96. The molecule has 2 nitrogen and oxygen atoms in total. The highest BCUT2D eigenvalue weighted by Gasteiger charge is 2.03. The van der Waals surface area contributed by atoms with Crippen LogP contribution in [0.25, 0.3) is 0 Å². The van der Waals surface area contributed by atoms with Gasteiger partial charge in [0.1, 0.15) is 5.84 Å². The van der Waals surface area contributed by atoms with Crippen LogP contribution in [0, 0.1) is 5.41 Å². The summed E-state index contributed by atoms with van der Waals surface area (Å²) in [5.74, 6) is 0.528. The molecule has 0 aliphatic carbocycles. The van der Waals surface area contributed by atoms with E-state index in [-0.39, 0.29) is 0 Å². The highest BCUT2D eigenvalue weighted by Crippen LogP contribution is 2.02. The molecule has 0 unspecified atom stereocenters. The number of rotatable bonds is 3. The Morgan fingerprint density at radius 3 is 2.62 bits per heavy atom. The lowest BCUT2D eigenvalue weighted by atomic mass is 10.2. The molecular formula is C11H14N2. The quantitative estimate of drug-likeness (QED) is 0.424. The minimum atomic E-state index is 0.528. The minimum absolute atomic E-state index is 0.528. The summed E-state index contributed by atoms with van der Waals surface area (Å²) < 4.78 is 0. The van der Waals surface area contributed by atoms with Crippen LogP contribution in [0.15, 0.2) is 43.0 Å². The monoisotopic (exact) mass is 174 g/mol. The van der Waals surface area contributed by atoms with Gasteiger partial charge in [0.25, 0.3) is 0 Å². The van der Waals surface area contributed by atoms with E-state index in [1.165, 1.54) is 0 Å². The molecule has 0 atom stereocenters. The molecule has 0 spiro atoms. The van der Waals surface area contributed by atoms with Crippen molar-refractivity contribution in [1.82, 2.24) is 4.90 Å². The first kappa shape index (κ1) is 9.52. The molecule has 68 valence electrons. The minimum Gasteiger partial charge on any atom is -0.356 e. The molecule has 0 fully saturated rings. The summed E-state index contributed by atoms with van der Waals surface area (Å²) in [5.41, 5.74) is 0.937. The maximum absolute atomic E-state index is 7.82. The number of benzene rings is 1. The number of hydrogen-bond donors (Lipinski definition) is 1. The van der Waals surface area contributed by atoms with Crippen molar-refractivity contribution in [2.45, 2.75) is 0 Å². The number of nitrogens with zero attached hydrogens (tertiary/aromatic N) is 1. The summed E-state index contributed by atoms with van der Waals surface area (Å²) >= 11 is 0. The first-order chi connectivity index (χ1) is 6.25. The van der Waals surface area contributed by atoms with Gasteiger partial charge in [0.05, 0.1) is 0 Å². The summed E-state index contributed by atoms with van der Waals surface area (Å²) in [6.07, 6.45) is 1.79. The molecular weight excluding hydrogens is 160 g/mol. The first-order valence-electron chi connectivity index (χ1n) is 4.21. The predicted octanol–water partition coefficient (Wildman–Crippen LogP) is 2.13. The van der Waals surface area contributed by atoms with Gasteiger partial charge in [-0.15, -0.1) is 6.58 Å². The fraction of sp³-hybridized carbons (Fsp3) is 0.182. The number of amidine groups is 1. The third kappa shape index (κ3) is 2.44. The van der Waals surface area contributed by atoms with Crippen molar-refractivity contribution in [3.05, 3.63) is 48.6 Å². The largest absolute Gasteiger partial charge is 0.356 e. The van der Waals surface area contributed by atoms with Crippen molar-refractivity contribution in [2.24, 2.45) is 0 Å². The summed E-state index contributed by atoms with van der Waals surface area (Å²) in [4.78, 5) is 1.85. The van der Waals surface area contributed by atoms with Crippen LogP contribution >= 0.6 is 0 Å². The molecule has 0 aliphatic heterocycles. The van der Waals surface area contributed by atoms with Gasteiger partial charge in [0.2, 0.25) is 0 Å². The van der Waals surface area contributed by atoms with Crippen LogP contribution in [0.5, 0.6) is 0 Å². The average Bonchev–Trinajstić information content (AvgIpc) is 2.18. The van der Waals surface area contributed by atoms with Crippen molar-refractivity contribution in [2.75, 3.05) is 13.6 Å². The molecule has 2 heteroatoms. The van der Waals surface area contributed by atoms with E-state index in [1.54, 1.807) is 6.08 Å². The van der Waals surface area contributed by atoms with Gasteiger partial charge in [-0.2, -0.15) is 0 Å². The fourth-order valence-corrected chi connectivity index (χ4v) is 1.10. The maximum atomic E-state index is 7.82. The van der Waals surface area contributed by atoms with Gasteiger partial charge < -0.3 is 4.90 Å². The van der Waals surface area contributed by atoms with Gasteiger partial charge in [0.15, 0.2) is 0 Å². The molecule has 1 N–H and O–H groups in total. The second-order valence-electron chi connectivity index (χ2n) is 2.88. The summed E-state index contributed by atoms with van der Waals surface area (Å²) in [5, 5.41) is 7.82. The Balaban J connectivity index is 2.73. The molecule has 1 rings (SSSR count). The van der Waals surface area contributed by atoms with E-state index in [1.807, 2.05) is 42.3 Å². The van der Waals surface area contributed by atoms with E-state index in [9.17, 15) is 0 Å². The van der Waals surface area contributed by atoms with Crippen molar-refractivity contribution in [3.63, 3.8) is 0 Å². The lowest BCUT2D eigenvalue weighted by Gasteiger charge is -2.17. The van der Waals surface area contributed by atoms with Crippen molar-refractivity contribution < 1.29 is 0 Å². The molecule has 0 saturated heterocycles. The van der Waals surface area contributed by atoms with Crippen LogP contribution in [0.3, 0.4) is 0 Å². The number of hydrogen-bond acceptors (Lipinski definition) is 1. The summed E-state index contributed by atoms with van der Waals surface area (Å²) in [7, 11) is 1.89. The van der Waals surface area contributed by atoms with Crippen LogP contribution in [0.1, 0.15) is 5.56 Å². The Kier molecular flexibility index (Phi) is 3.26. The predicted molar refractivity (Wildman–Crippen MR) is 56.1 cm³/mol. The van der Waals surface area contributed by atoms with E-state index in [4.69, 9.17) is 5.41 Å². The molecule has 13 heavy (non-hydrogen) atoms. The summed E-state index contributed by atoms with van der Waals surface area (Å²) in [6.45, 7) is 4.34. The zero-order chi connectivity index (χ0) is 9.68. The van der Waals surface area contributed by atoms with Gasteiger partial charge >= 0.3 is 0 Å². The van der Waals surface area contributed by atoms with E-state index >= 15 is 0 Å². The van der Waals surface area contributed by atoms with Gasteiger partial charge in [-0.05, 0) is 0 Å². The van der Waals surface area contributed by atoms with E-state index in [0.717, 1.165) is 5.56 Å². The van der Waals surface area contributed by atoms with Gasteiger partial charge in [-0.1, -0.05) is 36.4 Å². The highest BCUT2D eigenvalue weighted by atomic mass is 15.1. The van der Waals surface area contributed by atoms with Gasteiger partial charge in [-0.3, -0.25) is 5.41 Å². The molecule has 0 bridgehead atoms. The first-order valence-corrected chi connectivity index (χ1v) is 4.21. The Hall–Kier alpha value is -1.57. The average molecular weight is 174 g/mol. The molecule has 1 aromatic rings. The number of nitrogens with one attached hydrogen (secondary N) is 1. The van der Waals surface area contributed by atoms with E-state index in [2.05, 4.69) is 6.58 Å². The van der Waals surface area contributed by atoms with Crippen molar-refractivity contribution >= 4 is 5.84 Å². The third-order valence-electron chi connectivity index (χ3n) is 1.83. The second-order valence-corrected chi connectivity index (χ2v) is 2.88. The second kappa shape index (κ2) is 4.45. The topological polar surface area (TPSA) is 27.1 Å². The standard InChI is InChI=1S/C11H14N2/c1-3-9-13(2)11(12)10-7-5-4-6-8-10/h3-8,12H,1,9H2,2H3. The zero-order valence-corrected chi connectivity index (χ0v) is 7.83. The number of likely N-dealkylation sites (N-methyl/N-ethyl adjacent to an activating group) is 1. The SMILES string of the molecule is C=CCN(C)C(=N)c1ccccc1. The zero-order valence-electron chi connectivity index (χ0n) is 7.83. The molecule has 0 radical (unpaired) electrons. The Labute approximate surface area is 79.0 Å². The van der Waals surface area contributed by atoms with Crippen LogP contribution in [0.2, 0.25) is 0 Å². The molecule has 1 aromatic carbocycles. The van der Waals surface area contributed by atoms with Crippen molar-refractivity contribution in [1.29, 1.82) is 5.41 Å². The Bertz CT molecular complexity index is 290. The van der Waals surface area contributed by atoms with Crippen LogP contribution in [0.4, 0.5) is 0 Å². The molecule has 0 heterocycles. The normalized spacial score (nSPS) is 9.31. The van der Waals surface area contributed by atoms with Crippen LogP contribution < -0.4 is 0 Å². The van der Waals surface area contributed by atoms with Crippen LogP contribution in [-0.4, -0.2) is 24.3 Å².